The molecular formula is C12H18O. The molecule has 0 heterocycles. The van der Waals surface area contributed by atoms with Crippen LogP contribution in [-0.4, -0.2) is 5.11 Å². The lowest BCUT2D eigenvalue weighted by molar-refractivity contribution is 0.173. The second-order valence-corrected chi connectivity index (χ2v) is 3.75. The largest absolute Gasteiger partial charge is 0.388 e. The molecule has 1 rings (SSSR count). The van der Waals surface area contributed by atoms with E-state index in [0.29, 0.717) is 5.92 Å². The first kappa shape index (κ1) is 10.3. The molecule has 1 N–H and O–H groups in total. The van der Waals surface area contributed by atoms with Gasteiger partial charge in [0, 0.05) is 0 Å². The van der Waals surface area contributed by atoms with Crippen LogP contribution in [0, 0.1) is 0 Å². The topological polar surface area (TPSA) is 20.2 Å². The highest BCUT2D eigenvalue weighted by Crippen LogP contribution is 2.21. The minimum Gasteiger partial charge on any atom is -0.388 e. The van der Waals surface area contributed by atoms with E-state index in [2.05, 4.69) is 26.0 Å². The zero-order valence-electron chi connectivity index (χ0n) is 8.62. The molecule has 72 valence electrons. The van der Waals surface area contributed by atoms with Crippen LogP contribution in [0.4, 0.5) is 0 Å². The van der Waals surface area contributed by atoms with Gasteiger partial charge in [-0.3, -0.25) is 0 Å². The van der Waals surface area contributed by atoms with Crippen molar-refractivity contribution in [3.63, 3.8) is 0 Å². The first-order valence-electron chi connectivity index (χ1n) is 4.93. The summed E-state index contributed by atoms with van der Waals surface area (Å²) in [5, 5.41) is 9.64. The average molecular weight is 178 g/mol. The van der Waals surface area contributed by atoms with Gasteiger partial charge in [0.25, 0.3) is 0 Å². The molecular weight excluding hydrogens is 160 g/mol. The van der Waals surface area contributed by atoms with E-state index >= 15 is 0 Å². The molecule has 0 saturated heterocycles. The minimum absolute atomic E-state index is 0.307. The highest BCUT2D eigenvalue weighted by atomic mass is 16.3. The Morgan fingerprint density at radius 2 is 1.85 bits per heavy atom. The fourth-order valence-electron chi connectivity index (χ4n) is 1.36. The summed E-state index contributed by atoms with van der Waals surface area (Å²) < 4.78 is 0. The monoisotopic (exact) mass is 178 g/mol. The fourth-order valence-corrected chi connectivity index (χ4v) is 1.36. The molecule has 0 saturated carbocycles. The molecule has 1 nitrogen and oxygen atoms in total. The minimum atomic E-state index is -0.307. The van der Waals surface area contributed by atoms with Crippen molar-refractivity contribution in [1.29, 1.82) is 0 Å². The Balaban J connectivity index is 2.91. The molecule has 0 fully saturated rings. The van der Waals surface area contributed by atoms with Gasteiger partial charge in [-0.1, -0.05) is 45.0 Å². The van der Waals surface area contributed by atoms with Crippen LogP contribution in [0.15, 0.2) is 24.3 Å². The van der Waals surface area contributed by atoms with Crippen molar-refractivity contribution >= 4 is 0 Å². The van der Waals surface area contributed by atoms with Gasteiger partial charge in [0.15, 0.2) is 0 Å². The summed E-state index contributed by atoms with van der Waals surface area (Å²) in [6.45, 7) is 6.32. The van der Waals surface area contributed by atoms with Crippen molar-refractivity contribution in [2.45, 2.75) is 39.2 Å². The zero-order chi connectivity index (χ0) is 9.84. The van der Waals surface area contributed by atoms with Crippen LogP contribution in [0.5, 0.6) is 0 Å². The lowest BCUT2D eigenvalue weighted by atomic mass is 9.98. The van der Waals surface area contributed by atoms with Crippen LogP contribution in [-0.2, 0) is 0 Å². The molecule has 0 unspecified atom stereocenters. The van der Waals surface area contributed by atoms with Gasteiger partial charge >= 0.3 is 0 Å². The van der Waals surface area contributed by atoms with Gasteiger partial charge in [-0.15, -0.1) is 0 Å². The fraction of sp³-hybridized carbons (Fsp3) is 0.500. The maximum atomic E-state index is 9.64. The molecule has 0 amide bonds. The number of benzene rings is 1. The van der Waals surface area contributed by atoms with Crippen molar-refractivity contribution in [1.82, 2.24) is 0 Å². The smallest absolute Gasteiger partial charge is 0.0787 e. The van der Waals surface area contributed by atoms with Crippen molar-refractivity contribution in [2.75, 3.05) is 0 Å². The first-order valence-corrected chi connectivity index (χ1v) is 4.93. The van der Waals surface area contributed by atoms with Crippen LogP contribution >= 0.6 is 0 Å². The maximum Gasteiger partial charge on any atom is 0.0787 e. The predicted molar refractivity (Wildman–Crippen MR) is 55.8 cm³/mol. The molecule has 0 radical (unpaired) electrons. The number of rotatable bonds is 3. The van der Waals surface area contributed by atoms with Crippen LogP contribution in [0.25, 0.3) is 0 Å². The Kier molecular flexibility index (Phi) is 3.49. The van der Waals surface area contributed by atoms with Crippen LogP contribution < -0.4 is 0 Å². The molecule has 1 heteroatoms. The van der Waals surface area contributed by atoms with Gasteiger partial charge in [0.05, 0.1) is 6.10 Å². The van der Waals surface area contributed by atoms with Gasteiger partial charge in [-0.2, -0.15) is 0 Å². The Morgan fingerprint density at radius 3 is 2.38 bits per heavy atom. The lowest BCUT2D eigenvalue weighted by Gasteiger charge is -2.11. The number of aliphatic hydroxyl groups is 1. The molecule has 0 aliphatic rings. The summed E-state index contributed by atoms with van der Waals surface area (Å²) in [6.07, 6.45) is 0.473. The normalized spacial score (nSPS) is 13.3. The zero-order valence-corrected chi connectivity index (χ0v) is 8.62. The Bertz CT molecular complexity index is 266. The lowest BCUT2D eigenvalue weighted by Crippen LogP contribution is -1.97. The molecule has 0 aliphatic heterocycles. The number of hydrogen-bond acceptors (Lipinski definition) is 1. The van der Waals surface area contributed by atoms with Crippen molar-refractivity contribution in [3.05, 3.63) is 35.4 Å². The van der Waals surface area contributed by atoms with Gasteiger partial charge in [-0.25, -0.2) is 0 Å². The SMILES string of the molecule is CC[C@@H](O)c1cccc(C(C)C)c1. The summed E-state index contributed by atoms with van der Waals surface area (Å²) in [7, 11) is 0. The summed E-state index contributed by atoms with van der Waals surface area (Å²) >= 11 is 0. The molecule has 0 bridgehead atoms. The Labute approximate surface area is 80.4 Å². The molecule has 0 aliphatic carbocycles. The van der Waals surface area contributed by atoms with Gasteiger partial charge in [0.1, 0.15) is 0 Å². The van der Waals surface area contributed by atoms with Gasteiger partial charge in [0.2, 0.25) is 0 Å². The third-order valence-electron chi connectivity index (χ3n) is 2.35. The second-order valence-electron chi connectivity index (χ2n) is 3.75. The maximum absolute atomic E-state index is 9.64. The number of aliphatic hydroxyl groups excluding tert-OH is 1. The van der Waals surface area contributed by atoms with E-state index in [1.54, 1.807) is 0 Å². The Morgan fingerprint density at radius 1 is 1.23 bits per heavy atom. The summed E-state index contributed by atoms with van der Waals surface area (Å²) in [5.41, 5.74) is 2.33. The molecule has 0 spiro atoms. The van der Waals surface area contributed by atoms with E-state index < -0.39 is 0 Å². The third kappa shape index (κ3) is 2.56. The number of hydrogen-bond donors (Lipinski definition) is 1. The second kappa shape index (κ2) is 4.43. The summed E-state index contributed by atoms with van der Waals surface area (Å²) in [6, 6.07) is 8.21. The standard InChI is InChI=1S/C12H18O/c1-4-12(13)11-7-5-6-10(8-11)9(2)3/h5-9,12-13H,4H2,1-3H3/t12-/m1/s1. The van der Waals surface area contributed by atoms with E-state index in [9.17, 15) is 5.11 Å². The van der Waals surface area contributed by atoms with E-state index in [1.807, 2.05) is 19.1 Å². The van der Waals surface area contributed by atoms with Crippen LogP contribution in [0.3, 0.4) is 0 Å². The molecule has 13 heavy (non-hydrogen) atoms. The van der Waals surface area contributed by atoms with Gasteiger partial charge < -0.3 is 5.11 Å². The van der Waals surface area contributed by atoms with E-state index in [4.69, 9.17) is 0 Å². The summed E-state index contributed by atoms with van der Waals surface area (Å²) in [4.78, 5) is 0. The van der Waals surface area contributed by atoms with Crippen molar-refractivity contribution in [2.24, 2.45) is 0 Å². The molecule has 1 atom stereocenters. The quantitative estimate of drug-likeness (QED) is 0.753. The highest BCUT2D eigenvalue weighted by molar-refractivity contribution is 5.27. The van der Waals surface area contributed by atoms with Crippen LogP contribution in [0.2, 0.25) is 0 Å². The predicted octanol–water partition coefficient (Wildman–Crippen LogP) is 3.25. The molecule has 1 aromatic rings. The Hall–Kier alpha value is -0.820. The first-order chi connectivity index (χ1) is 6.15. The highest BCUT2D eigenvalue weighted by Gasteiger charge is 2.06. The van der Waals surface area contributed by atoms with E-state index in [0.717, 1.165) is 12.0 Å². The van der Waals surface area contributed by atoms with E-state index in [-0.39, 0.29) is 6.10 Å². The summed E-state index contributed by atoms with van der Waals surface area (Å²) in [5.74, 6) is 0.531. The average Bonchev–Trinajstić information content (AvgIpc) is 2.17. The van der Waals surface area contributed by atoms with Crippen LogP contribution in [0.1, 0.15) is 50.3 Å². The van der Waals surface area contributed by atoms with Crippen molar-refractivity contribution in [3.8, 4) is 0 Å². The molecule has 0 aromatic heterocycles. The molecule has 1 aromatic carbocycles. The van der Waals surface area contributed by atoms with Gasteiger partial charge in [-0.05, 0) is 23.5 Å². The van der Waals surface area contributed by atoms with Crippen molar-refractivity contribution < 1.29 is 5.11 Å². The third-order valence-corrected chi connectivity index (χ3v) is 2.35. The van der Waals surface area contributed by atoms with E-state index in [1.165, 1.54) is 5.56 Å².